The third kappa shape index (κ3) is 0.998. The Morgan fingerprint density at radius 2 is 2.50 bits per heavy atom. The average molecular weight is 161 g/mol. The number of allylic oxidation sites excluding steroid dienone is 5. The molecule has 2 nitrogen and oxygen atoms in total. The minimum absolute atomic E-state index is 0.134. The Morgan fingerprint density at radius 3 is 3.25 bits per heavy atom. The number of carbonyl (C=O) groups excluding carboxylic acids is 1. The van der Waals surface area contributed by atoms with Gasteiger partial charge in [-0.25, -0.2) is 0 Å². The lowest BCUT2D eigenvalue weighted by atomic mass is 9.91. The van der Waals surface area contributed by atoms with Gasteiger partial charge in [0.1, 0.15) is 0 Å². The summed E-state index contributed by atoms with van der Waals surface area (Å²) in [5, 5.41) is 2.85. The lowest BCUT2D eigenvalue weighted by Gasteiger charge is -2.14. The summed E-state index contributed by atoms with van der Waals surface area (Å²) in [6.07, 6.45) is 8.69. The van der Waals surface area contributed by atoms with Crippen LogP contribution in [0.1, 0.15) is 13.3 Å². The molecule has 0 aromatic rings. The Balaban J connectivity index is 2.35. The van der Waals surface area contributed by atoms with Gasteiger partial charge in [0, 0.05) is 18.0 Å². The lowest BCUT2D eigenvalue weighted by Crippen LogP contribution is -2.13. The molecule has 2 heteroatoms. The molecule has 1 saturated heterocycles. The first-order valence-electron chi connectivity index (χ1n) is 4.15. The topological polar surface area (TPSA) is 29.1 Å². The van der Waals surface area contributed by atoms with Gasteiger partial charge in [0.15, 0.2) is 0 Å². The minimum atomic E-state index is 0.134. The van der Waals surface area contributed by atoms with Crippen LogP contribution in [0.15, 0.2) is 35.6 Å². The van der Waals surface area contributed by atoms with Gasteiger partial charge in [0.25, 0.3) is 0 Å². The Hall–Kier alpha value is -1.31. The monoisotopic (exact) mass is 161 g/mol. The smallest absolute Gasteiger partial charge is 0.225 e. The Kier molecular flexibility index (Phi) is 1.61. The van der Waals surface area contributed by atoms with E-state index in [1.807, 2.05) is 19.1 Å². The van der Waals surface area contributed by atoms with E-state index in [-0.39, 0.29) is 5.91 Å². The van der Waals surface area contributed by atoms with Crippen molar-refractivity contribution in [2.45, 2.75) is 13.3 Å². The van der Waals surface area contributed by atoms with E-state index >= 15 is 0 Å². The van der Waals surface area contributed by atoms with Gasteiger partial charge < -0.3 is 5.32 Å². The van der Waals surface area contributed by atoms with Gasteiger partial charge >= 0.3 is 0 Å². The van der Waals surface area contributed by atoms with Gasteiger partial charge in [-0.2, -0.15) is 0 Å². The van der Waals surface area contributed by atoms with Crippen LogP contribution in [0.4, 0.5) is 0 Å². The highest BCUT2D eigenvalue weighted by Gasteiger charge is 2.29. The third-order valence-electron chi connectivity index (χ3n) is 2.35. The van der Waals surface area contributed by atoms with Crippen molar-refractivity contribution in [1.29, 1.82) is 0 Å². The Morgan fingerprint density at radius 1 is 1.67 bits per heavy atom. The molecular weight excluding hydrogens is 150 g/mol. The van der Waals surface area contributed by atoms with Crippen LogP contribution in [-0.4, -0.2) is 5.91 Å². The molecule has 12 heavy (non-hydrogen) atoms. The Bertz CT molecular complexity index is 310. The van der Waals surface area contributed by atoms with E-state index in [9.17, 15) is 4.79 Å². The average Bonchev–Trinajstić information content (AvgIpc) is 2.44. The molecule has 0 saturated carbocycles. The van der Waals surface area contributed by atoms with Crippen molar-refractivity contribution >= 4 is 5.91 Å². The molecular formula is C10H11NO. The first-order valence-corrected chi connectivity index (χ1v) is 4.15. The fourth-order valence-corrected chi connectivity index (χ4v) is 1.73. The molecule has 1 aliphatic carbocycles. The summed E-state index contributed by atoms with van der Waals surface area (Å²) in [6.45, 7) is 2.01. The van der Waals surface area contributed by atoms with E-state index in [1.165, 1.54) is 5.57 Å². The Labute approximate surface area is 71.7 Å². The van der Waals surface area contributed by atoms with Crippen LogP contribution in [0, 0.1) is 5.92 Å². The van der Waals surface area contributed by atoms with E-state index in [0.717, 1.165) is 5.70 Å². The maximum absolute atomic E-state index is 11.1. The van der Waals surface area contributed by atoms with Gasteiger partial charge in [0.05, 0.1) is 0 Å². The second-order valence-electron chi connectivity index (χ2n) is 3.07. The molecule has 2 rings (SSSR count). The molecule has 1 aliphatic heterocycles. The fraction of sp³-hybridized carbons (Fsp3) is 0.300. The maximum atomic E-state index is 11.1. The van der Waals surface area contributed by atoms with E-state index in [4.69, 9.17) is 0 Å². The molecule has 0 spiro atoms. The van der Waals surface area contributed by atoms with Gasteiger partial charge in [-0.1, -0.05) is 18.2 Å². The maximum Gasteiger partial charge on any atom is 0.225 e. The normalized spacial score (nSPS) is 30.1. The number of rotatable bonds is 0. The first kappa shape index (κ1) is 7.35. The summed E-state index contributed by atoms with van der Waals surface area (Å²) < 4.78 is 0. The standard InChI is InChI=1S/C10H11NO/c1-2-7-4-3-5-9-8(7)6-10(12)11-9/h2-5,8H,6H2,1H3,(H,11,12). The van der Waals surface area contributed by atoms with E-state index in [0.29, 0.717) is 12.3 Å². The molecule has 1 N–H and O–H groups in total. The molecule has 0 radical (unpaired) electrons. The molecule has 1 fully saturated rings. The highest BCUT2D eigenvalue weighted by atomic mass is 16.1. The largest absolute Gasteiger partial charge is 0.329 e. The SMILES string of the molecule is CC=C1C=CC=C2NC(=O)CC12. The summed E-state index contributed by atoms with van der Waals surface area (Å²) in [5.74, 6) is 0.432. The van der Waals surface area contributed by atoms with E-state index < -0.39 is 0 Å². The molecule has 0 aromatic carbocycles. The van der Waals surface area contributed by atoms with Crippen LogP contribution in [0.2, 0.25) is 0 Å². The molecule has 1 amide bonds. The van der Waals surface area contributed by atoms with Crippen molar-refractivity contribution < 1.29 is 4.79 Å². The molecule has 1 atom stereocenters. The number of nitrogens with one attached hydrogen (secondary N) is 1. The van der Waals surface area contributed by atoms with Crippen LogP contribution in [0.25, 0.3) is 0 Å². The summed E-state index contributed by atoms with van der Waals surface area (Å²) in [6, 6.07) is 0. The summed E-state index contributed by atoms with van der Waals surface area (Å²) in [4.78, 5) is 11.1. The number of carbonyl (C=O) groups is 1. The van der Waals surface area contributed by atoms with Crippen molar-refractivity contribution in [2.75, 3.05) is 0 Å². The molecule has 0 bridgehead atoms. The quantitative estimate of drug-likeness (QED) is 0.573. The number of hydrogen-bond acceptors (Lipinski definition) is 1. The molecule has 1 heterocycles. The second kappa shape index (κ2) is 2.63. The third-order valence-corrected chi connectivity index (χ3v) is 2.35. The van der Waals surface area contributed by atoms with Crippen LogP contribution >= 0.6 is 0 Å². The summed E-state index contributed by atoms with van der Waals surface area (Å²) >= 11 is 0. The second-order valence-corrected chi connectivity index (χ2v) is 3.07. The number of hydrogen-bond donors (Lipinski definition) is 1. The zero-order chi connectivity index (χ0) is 8.55. The van der Waals surface area contributed by atoms with Crippen molar-refractivity contribution in [3.05, 3.63) is 35.6 Å². The van der Waals surface area contributed by atoms with Gasteiger partial charge in [-0.05, 0) is 18.6 Å². The van der Waals surface area contributed by atoms with Crippen molar-refractivity contribution in [2.24, 2.45) is 5.92 Å². The van der Waals surface area contributed by atoms with Gasteiger partial charge in [-0.3, -0.25) is 4.79 Å². The molecule has 0 aromatic heterocycles. The number of amides is 1. The van der Waals surface area contributed by atoms with E-state index in [2.05, 4.69) is 17.5 Å². The predicted octanol–water partition coefficient (Wildman–Crippen LogP) is 1.52. The van der Waals surface area contributed by atoms with Gasteiger partial charge in [0.2, 0.25) is 5.91 Å². The zero-order valence-corrected chi connectivity index (χ0v) is 7.00. The van der Waals surface area contributed by atoms with Crippen LogP contribution < -0.4 is 5.32 Å². The van der Waals surface area contributed by atoms with Crippen molar-refractivity contribution in [1.82, 2.24) is 5.32 Å². The highest BCUT2D eigenvalue weighted by Crippen LogP contribution is 2.31. The van der Waals surface area contributed by atoms with Crippen molar-refractivity contribution in [3.8, 4) is 0 Å². The molecule has 62 valence electrons. The zero-order valence-electron chi connectivity index (χ0n) is 7.00. The molecule has 2 aliphatic rings. The summed E-state index contributed by atoms with van der Waals surface area (Å²) in [7, 11) is 0. The summed E-state index contributed by atoms with van der Waals surface area (Å²) in [5.41, 5.74) is 2.29. The highest BCUT2D eigenvalue weighted by molar-refractivity contribution is 5.83. The first-order chi connectivity index (χ1) is 5.81. The fourth-order valence-electron chi connectivity index (χ4n) is 1.73. The van der Waals surface area contributed by atoms with Crippen LogP contribution in [-0.2, 0) is 4.79 Å². The number of fused-ring (bicyclic) bond motifs is 1. The van der Waals surface area contributed by atoms with E-state index in [1.54, 1.807) is 0 Å². The van der Waals surface area contributed by atoms with Crippen molar-refractivity contribution in [3.63, 3.8) is 0 Å². The van der Waals surface area contributed by atoms with Crippen LogP contribution in [0.3, 0.4) is 0 Å². The van der Waals surface area contributed by atoms with Crippen LogP contribution in [0.5, 0.6) is 0 Å². The lowest BCUT2D eigenvalue weighted by molar-refractivity contribution is -0.119. The predicted molar refractivity (Wildman–Crippen MR) is 47.2 cm³/mol. The molecule has 1 unspecified atom stereocenters. The minimum Gasteiger partial charge on any atom is -0.329 e. The van der Waals surface area contributed by atoms with Gasteiger partial charge in [-0.15, -0.1) is 0 Å².